The number of hydrogen-bond acceptors (Lipinski definition) is 7. The fourth-order valence-electron chi connectivity index (χ4n) is 3.97. The molecule has 0 unspecified atom stereocenters. The van der Waals surface area contributed by atoms with Gasteiger partial charge >= 0.3 is 0 Å². The van der Waals surface area contributed by atoms with Crippen molar-refractivity contribution in [3.8, 4) is 16.9 Å². The van der Waals surface area contributed by atoms with Gasteiger partial charge in [-0.3, -0.25) is 14.9 Å². The molecule has 0 aliphatic rings. The smallest absolute Gasteiger partial charge is 0.290 e. The number of pyridine rings is 1. The average molecular weight is 555 g/mol. The Kier molecular flexibility index (Phi) is 5.53. The second-order valence-electron chi connectivity index (χ2n) is 8.07. The number of benzene rings is 2. The maximum Gasteiger partial charge on any atom is 0.290 e. The summed E-state index contributed by atoms with van der Waals surface area (Å²) in [4.78, 5) is 35.2. The van der Waals surface area contributed by atoms with Crippen molar-refractivity contribution in [3.05, 3.63) is 78.8 Å². The van der Waals surface area contributed by atoms with Gasteiger partial charge in [-0.05, 0) is 24.3 Å². The SMILES string of the molecule is CN(C)c1c2c(nn1-c1ccc(Cl)c([N+](=O)[O-])c1)c(-c1ccc(Br)cc1)nc1ncn(C)c(=O)c12. The molecule has 176 valence electrons. The highest BCUT2D eigenvalue weighted by molar-refractivity contribution is 9.10. The third kappa shape index (κ3) is 3.72. The van der Waals surface area contributed by atoms with E-state index in [9.17, 15) is 14.9 Å². The van der Waals surface area contributed by atoms with Crippen LogP contribution in [0.25, 0.3) is 38.9 Å². The van der Waals surface area contributed by atoms with Crippen LogP contribution < -0.4 is 10.5 Å². The average Bonchev–Trinajstić information content (AvgIpc) is 3.22. The van der Waals surface area contributed by atoms with Crippen molar-refractivity contribution in [1.29, 1.82) is 0 Å². The minimum Gasteiger partial charge on any atom is -0.362 e. The summed E-state index contributed by atoms with van der Waals surface area (Å²) in [6.07, 6.45) is 1.43. The number of nitro groups is 1. The van der Waals surface area contributed by atoms with E-state index in [1.54, 1.807) is 22.7 Å². The monoisotopic (exact) mass is 553 g/mol. The molecule has 3 aromatic heterocycles. The molecule has 0 radical (unpaired) electrons. The highest BCUT2D eigenvalue weighted by atomic mass is 79.9. The number of nitro benzene ring substituents is 1. The number of rotatable bonds is 4. The zero-order chi connectivity index (χ0) is 25.0. The lowest BCUT2D eigenvalue weighted by Crippen LogP contribution is -2.19. The van der Waals surface area contributed by atoms with Gasteiger partial charge in [-0.1, -0.05) is 39.7 Å². The Balaban J connectivity index is 1.98. The molecule has 35 heavy (non-hydrogen) atoms. The third-order valence-electron chi connectivity index (χ3n) is 5.58. The third-order valence-corrected chi connectivity index (χ3v) is 6.42. The van der Waals surface area contributed by atoms with Gasteiger partial charge in [0, 0.05) is 37.2 Å². The number of fused-ring (bicyclic) bond motifs is 3. The van der Waals surface area contributed by atoms with Crippen LogP contribution in [0.2, 0.25) is 5.02 Å². The molecule has 5 aromatic rings. The maximum atomic E-state index is 13.3. The first-order valence-corrected chi connectivity index (χ1v) is 11.5. The first kappa shape index (κ1) is 22.9. The Hall–Kier alpha value is -3.83. The van der Waals surface area contributed by atoms with Crippen LogP contribution in [0.15, 0.2) is 58.1 Å². The fourth-order valence-corrected chi connectivity index (χ4v) is 4.42. The Morgan fingerprint density at radius 3 is 2.49 bits per heavy atom. The summed E-state index contributed by atoms with van der Waals surface area (Å²) >= 11 is 9.49. The molecule has 0 atom stereocenters. The summed E-state index contributed by atoms with van der Waals surface area (Å²) in [5.41, 5.74) is 1.94. The van der Waals surface area contributed by atoms with Gasteiger partial charge in [0.1, 0.15) is 22.1 Å². The largest absolute Gasteiger partial charge is 0.362 e. The van der Waals surface area contributed by atoms with Gasteiger partial charge in [-0.2, -0.15) is 5.10 Å². The summed E-state index contributed by atoms with van der Waals surface area (Å²) in [6.45, 7) is 0. The lowest BCUT2D eigenvalue weighted by atomic mass is 10.1. The molecule has 0 saturated carbocycles. The van der Waals surface area contributed by atoms with Crippen molar-refractivity contribution in [2.45, 2.75) is 0 Å². The molecule has 12 heteroatoms. The van der Waals surface area contributed by atoms with Gasteiger partial charge in [0.05, 0.1) is 27.7 Å². The minimum absolute atomic E-state index is 0.0163. The highest BCUT2D eigenvalue weighted by Crippen LogP contribution is 2.38. The maximum absolute atomic E-state index is 13.3. The quantitative estimate of drug-likeness (QED) is 0.233. The summed E-state index contributed by atoms with van der Waals surface area (Å²) < 4.78 is 3.84. The molecule has 2 aromatic carbocycles. The molecule has 10 nitrogen and oxygen atoms in total. The number of aromatic nitrogens is 5. The van der Waals surface area contributed by atoms with E-state index in [4.69, 9.17) is 21.7 Å². The molecular weight excluding hydrogens is 538 g/mol. The minimum atomic E-state index is -0.547. The highest BCUT2D eigenvalue weighted by Gasteiger charge is 2.25. The standard InChI is InChI=1S/C23H17BrClN7O3/c1-29(2)22-17-18-21(26-11-30(3)23(18)33)27-19(12-4-6-13(24)7-5-12)20(17)28-31(22)14-8-9-15(25)16(10-14)32(34)35/h4-11H,1-3H3. The molecule has 0 spiro atoms. The first-order valence-electron chi connectivity index (χ1n) is 10.3. The number of halogens is 2. The normalized spacial score (nSPS) is 11.3. The second-order valence-corrected chi connectivity index (χ2v) is 9.40. The second kappa shape index (κ2) is 8.43. The van der Waals surface area contributed by atoms with Crippen molar-refractivity contribution >= 4 is 61.0 Å². The van der Waals surface area contributed by atoms with Crippen LogP contribution in [-0.4, -0.2) is 43.3 Å². The first-order chi connectivity index (χ1) is 16.7. The van der Waals surface area contributed by atoms with Gasteiger partial charge in [0.25, 0.3) is 11.2 Å². The zero-order valence-electron chi connectivity index (χ0n) is 18.7. The Bertz CT molecular complexity index is 1710. The van der Waals surface area contributed by atoms with Crippen LogP contribution in [0.5, 0.6) is 0 Å². The molecule has 0 amide bonds. The van der Waals surface area contributed by atoms with Crippen LogP contribution in [-0.2, 0) is 7.05 Å². The van der Waals surface area contributed by atoms with Crippen LogP contribution >= 0.6 is 27.5 Å². The Morgan fingerprint density at radius 2 is 1.83 bits per heavy atom. The Morgan fingerprint density at radius 1 is 1.11 bits per heavy atom. The van der Waals surface area contributed by atoms with E-state index in [-0.39, 0.29) is 21.9 Å². The summed E-state index contributed by atoms with van der Waals surface area (Å²) in [5.74, 6) is 0.549. The zero-order valence-corrected chi connectivity index (χ0v) is 21.1. The Labute approximate surface area is 211 Å². The van der Waals surface area contributed by atoms with Crippen LogP contribution in [0.1, 0.15) is 0 Å². The molecular formula is C23H17BrClN7O3. The molecule has 0 bridgehead atoms. The molecule has 0 N–H and O–H groups in total. The lowest BCUT2D eigenvalue weighted by Gasteiger charge is -2.16. The lowest BCUT2D eigenvalue weighted by molar-refractivity contribution is -0.384. The van der Waals surface area contributed by atoms with Crippen LogP contribution in [0, 0.1) is 10.1 Å². The van der Waals surface area contributed by atoms with Crippen molar-refractivity contribution in [1.82, 2.24) is 24.3 Å². The van der Waals surface area contributed by atoms with Crippen LogP contribution in [0.3, 0.4) is 0 Å². The van der Waals surface area contributed by atoms with E-state index < -0.39 is 4.92 Å². The van der Waals surface area contributed by atoms with E-state index in [0.29, 0.717) is 33.5 Å². The van der Waals surface area contributed by atoms with Gasteiger partial charge in [-0.15, -0.1) is 0 Å². The van der Waals surface area contributed by atoms with Gasteiger partial charge in [0.15, 0.2) is 5.65 Å². The number of aryl methyl sites for hydroxylation is 1. The van der Waals surface area contributed by atoms with E-state index >= 15 is 0 Å². The molecule has 0 aliphatic carbocycles. The number of anilines is 1. The molecule has 0 saturated heterocycles. The van der Waals surface area contributed by atoms with E-state index in [1.165, 1.54) is 23.0 Å². The number of hydrogen-bond donors (Lipinski definition) is 0. The van der Waals surface area contributed by atoms with Crippen molar-refractivity contribution < 1.29 is 4.92 Å². The predicted molar refractivity (Wildman–Crippen MR) is 139 cm³/mol. The van der Waals surface area contributed by atoms with Crippen molar-refractivity contribution in [2.24, 2.45) is 7.05 Å². The summed E-state index contributed by atoms with van der Waals surface area (Å²) in [5, 5.41) is 17.2. The van der Waals surface area contributed by atoms with Gasteiger partial charge in [0.2, 0.25) is 0 Å². The summed E-state index contributed by atoms with van der Waals surface area (Å²) in [6, 6.07) is 12.0. The van der Waals surface area contributed by atoms with Gasteiger partial charge < -0.3 is 9.47 Å². The van der Waals surface area contributed by atoms with E-state index in [0.717, 1.165) is 10.0 Å². The summed E-state index contributed by atoms with van der Waals surface area (Å²) in [7, 11) is 5.24. The van der Waals surface area contributed by atoms with E-state index in [2.05, 4.69) is 20.9 Å². The van der Waals surface area contributed by atoms with Gasteiger partial charge in [-0.25, -0.2) is 14.6 Å². The molecule has 5 rings (SSSR count). The molecule has 0 fully saturated rings. The molecule has 0 aliphatic heterocycles. The fraction of sp³-hybridized carbons (Fsp3) is 0.130. The van der Waals surface area contributed by atoms with Crippen molar-refractivity contribution in [2.75, 3.05) is 19.0 Å². The topological polar surface area (TPSA) is 112 Å². The van der Waals surface area contributed by atoms with Crippen molar-refractivity contribution in [3.63, 3.8) is 0 Å². The molecule has 3 heterocycles. The van der Waals surface area contributed by atoms with E-state index in [1.807, 2.05) is 38.4 Å². The van der Waals surface area contributed by atoms with Crippen LogP contribution in [0.4, 0.5) is 11.5 Å². The number of nitrogens with zero attached hydrogens (tertiary/aromatic N) is 7. The predicted octanol–water partition coefficient (Wildman–Crippen LogP) is 4.72.